The molecule has 23 heavy (non-hydrogen) atoms. The van der Waals surface area contributed by atoms with E-state index < -0.39 is 5.60 Å². The summed E-state index contributed by atoms with van der Waals surface area (Å²) in [5, 5.41) is 4.30. The number of amides is 1. The number of ether oxygens (including phenoxy) is 1. The summed E-state index contributed by atoms with van der Waals surface area (Å²) in [6, 6.07) is 3.95. The van der Waals surface area contributed by atoms with E-state index in [9.17, 15) is 4.79 Å². The highest BCUT2D eigenvalue weighted by Crippen LogP contribution is 2.29. The predicted octanol–water partition coefficient (Wildman–Crippen LogP) is 2.43. The molecule has 1 aliphatic heterocycles. The van der Waals surface area contributed by atoms with Gasteiger partial charge in [-0.1, -0.05) is 0 Å². The van der Waals surface area contributed by atoms with E-state index in [2.05, 4.69) is 10.1 Å². The Kier molecular flexibility index (Phi) is 3.87. The largest absolute Gasteiger partial charge is 0.444 e. The molecule has 124 valence electrons. The van der Waals surface area contributed by atoms with Gasteiger partial charge in [0.05, 0.1) is 0 Å². The molecule has 1 unspecified atom stereocenters. The molecule has 0 aromatic carbocycles. The molecule has 0 bridgehead atoms. The van der Waals surface area contributed by atoms with E-state index in [-0.39, 0.29) is 12.0 Å². The van der Waals surface area contributed by atoms with Gasteiger partial charge in [-0.2, -0.15) is 5.10 Å². The van der Waals surface area contributed by atoms with Gasteiger partial charge >= 0.3 is 6.09 Å². The first-order valence-electron chi connectivity index (χ1n) is 7.91. The molecule has 1 amide bonds. The summed E-state index contributed by atoms with van der Waals surface area (Å²) in [5.74, 6) is 0.680. The minimum absolute atomic E-state index is 0.216. The Morgan fingerprint density at radius 1 is 1.39 bits per heavy atom. The average molecular weight is 317 g/mol. The minimum Gasteiger partial charge on any atom is -0.444 e. The number of carbonyl (C=O) groups is 1. The molecule has 2 N–H and O–H groups in total. The lowest BCUT2D eigenvalue weighted by molar-refractivity contribution is 0.0196. The van der Waals surface area contributed by atoms with E-state index >= 15 is 0 Å². The van der Waals surface area contributed by atoms with Crippen molar-refractivity contribution >= 4 is 17.4 Å². The number of anilines is 1. The number of nitrogen functional groups attached to an aromatic ring is 1. The Morgan fingerprint density at radius 3 is 2.91 bits per heavy atom. The maximum Gasteiger partial charge on any atom is 0.410 e. The molecule has 0 radical (unpaired) electrons. The number of hydrogen-bond donors (Lipinski definition) is 1. The Morgan fingerprint density at radius 2 is 2.17 bits per heavy atom. The molecule has 2 aromatic heterocycles. The normalized spacial score (nSPS) is 19.1. The van der Waals surface area contributed by atoms with E-state index in [1.54, 1.807) is 4.90 Å². The third kappa shape index (κ3) is 3.23. The van der Waals surface area contributed by atoms with Gasteiger partial charge in [-0.3, -0.25) is 0 Å². The highest BCUT2D eigenvalue weighted by molar-refractivity contribution is 5.68. The summed E-state index contributed by atoms with van der Waals surface area (Å²) in [6.45, 7) is 7.00. The minimum atomic E-state index is -0.479. The first-order chi connectivity index (χ1) is 10.8. The van der Waals surface area contributed by atoms with Crippen LogP contribution in [-0.4, -0.2) is 44.3 Å². The molecule has 2 aromatic rings. The van der Waals surface area contributed by atoms with Gasteiger partial charge < -0.3 is 15.4 Å². The van der Waals surface area contributed by atoms with Crippen LogP contribution in [0.3, 0.4) is 0 Å². The van der Waals surface area contributed by atoms with E-state index in [0.29, 0.717) is 12.4 Å². The van der Waals surface area contributed by atoms with Crippen molar-refractivity contribution < 1.29 is 9.53 Å². The first-order valence-corrected chi connectivity index (χ1v) is 7.91. The second-order valence-electron chi connectivity index (χ2n) is 6.97. The van der Waals surface area contributed by atoms with E-state index in [1.165, 1.54) is 6.33 Å². The number of nitrogens with zero attached hydrogens (tertiary/aromatic N) is 4. The summed E-state index contributed by atoms with van der Waals surface area (Å²) in [5.41, 5.74) is 7.27. The number of fused-ring (bicyclic) bond motifs is 1. The molecule has 1 aliphatic rings. The van der Waals surface area contributed by atoms with E-state index in [4.69, 9.17) is 10.5 Å². The van der Waals surface area contributed by atoms with Crippen LogP contribution >= 0.6 is 0 Å². The van der Waals surface area contributed by atoms with E-state index in [1.807, 2.05) is 37.4 Å². The Hall–Kier alpha value is -2.31. The molecule has 1 atom stereocenters. The van der Waals surface area contributed by atoms with Crippen molar-refractivity contribution in [2.75, 3.05) is 18.8 Å². The van der Waals surface area contributed by atoms with Crippen molar-refractivity contribution in [2.45, 2.75) is 45.1 Å². The molecule has 7 nitrogen and oxygen atoms in total. The van der Waals surface area contributed by atoms with Crippen molar-refractivity contribution in [1.82, 2.24) is 19.5 Å². The molecule has 1 saturated heterocycles. The molecular formula is C16H23N5O2. The van der Waals surface area contributed by atoms with Gasteiger partial charge in [0.1, 0.15) is 17.4 Å². The maximum atomic E-state index is 12.3. The van der Waals surface area contributed by atoms with Crippen LogP contribution in [0.2, 0.25) is 0 Å². The molecule has 1 fully saturated rings. The lowest BCUT2D eigenvalue weighted by Crippen LogP contribution is -2.42. The van der Waals surface area contributed by atoms with Crippen LogP contribution in [0.25, 0.3) is 5.52 Å². The molecule has 3 heterocycles. The van der Waals surface area contributed by atoms with Crippen molar-refractivity contribution in [3.05, 3.63) is 24.2 Å². The third-order valence-electron chi connectivity index (χ3n) is 4.00. The quantitative estimate of drug-likeness (QED) is 0.873. The first kappa shape index (κ1) is 15.6. The van der Waals surface area contributed by atoms with Gasteiger partial charge in [0.15, 0.2) is 5.82 Å². The fraction of sp³-hybridized carbons (Fsp3) is 0.562. The average Bonchev–Trinajstić information content (AvgIpc) is 2.91. The predicted molar refractivity (Wildman–Crippen MR) is 87.2 cm³/mol. The van der Waals surface area contributed by atoms with Crippen LogP contribution in [-0.2, 0) is 4.74 Å². The number of rotatable bonds is 1. The number of nitrogens with two attached hydrogens (primary N) is 1. The zero-order valence-corrected chi connectivity index (χ0v) is 13.8. The SMILES string of the molecule is CC(C)(C)OC(=O)N1CCCC(c2ccc3c(N)ncnn23)C1. The number of likely N-dealkylation sites (tertiary alicyclic amines) is 1. The summed E-state index contributed by atoms with van der Waals surface area (Å²) in [7, 11) is 0. The van der Waals surface area contributed by atoms with Crippen molar-refractivity contribution in [3.63, 3.8) is 0 Å². The fourth-order valence-corrected chi connectivity index (χ4v) is 2.99. The van der Waals surface area contributed by atoms with Gasteiger partial charge in [-0.15, -0.1) is 0 Å². The topological polar surface area (TPSA) is 85.8 Å². The molecule has 3 rings (SSSR count). The van der Waals surface area contributed by atoms with Crippen molar-refractivity contribution in [1.29, 1.82) is 0 Å². The van der Waals surface area contributed by atoms with Crippen molar-refractivity contribution in [3.8, 4) is 0 Å². The second-order valence-corrected chi connectivity index (χ2v) is 6.97. The van der Waals surface area contributed by atoms with Crippen LogP contribution in [0.15, 0.2) is 18.5 Å². The van der Waals surface area contributed by atoms with E-state index in [0.717, 1.165) is 30.6 Å². The fourth-order valence-electron chi connectivity index (χ4n) is 2.99. The van der Waals surface area contributed by atoms with Crippen LogP contribution in [0.4, 0.5) is 10.6 Å². The van der Waals surface area contributed by atoms with Gasteiger partial charge in [0.2, 0.25) is 0 Å². The smallest absolute Gasteiger partial charge is 0.410 e. The zero-order chi connectivity index (χ0) is 16.6. The summed E-state index contributed by atoms with van der Waals surface area (Å²) in [6.07, 6.45) is 3.16. The second kappa shape index (κ2) is 5.72. The summed E-state index contributed by atoms with van der Waals surface area (Å²) < 4.78 is 7.31. The standard InChI is InChI=1S/C16H23N5O2/c1-16(2,3)23-15(22)20-8-4-5-11(9-20)12-6-7-13-14(17)18-10-19-21(12)13/h6-7,10-11H,4-5,8-9H2,1-3H3,(H2,17,18,19). The van der Waals surface area contributed by atoms with Crippen LogP contribution in [0, 0.1) is 0 Å². The summed E-state index contributed by atoms with van der Waals surface area (Å²) in [4.78, 5) is 18.1. The van der Waals surface area contributed by atoms with Crippen LogP contribution in [0.1, 0.15) is 45.2 Å². The lowest BCUT2D eigenvalue weighted by Gasteiger charge is -2.34. The van der Waals surface area contributed by atoms with Crippen molar-refractivity contribution in [2.24, 2.45) is 0 Å². The molecule has 0 aliphatic carbocycles. The van der Waals surface area contributed by atoms with Gasteiger partial charge in [0.25, 0.3) is 0 Å². The molecule has 0 spiro atoms. The number of carbonyl (C=O) groups excluding carboxylic acids is 1. The number of piperidine rings is 1. The Bertz CT molecular complexity index is 719. The third-order valence-corrected chi connectivity index (χ3v) is 4.00. The molecule has 0 saturated carbocycles. The molecule has 7 heteroatoms. The Balaban J connectivity index is 1.80. The van der Waals surface area contributed by atoms with Gasteiger partial charge in [-0.25, -0.2) is 14.3 Å². The Labute approximate surface area is 135 Å². The van der Waals surface area contributed by atoms with Gasteiger partial charge in [-0.05, 0) is 45.7 Å². The monoisotopic (exact) mass is 317 g/mol. The number of hydrogen-bond acceptors (Lipinski definition) is 5. The zero-order valence-electron chi connectivity index (χ0n) is 13.8. The number of aromatic nitrogens is 3. The van der Waals surface area contributed by atoms with Crippen LogP contribution in [0.5, 0.6) is 0 Å². The van der Waals surface area contributed by atoms with Crippen LogP contribution < -0.4 is 5.73 Å². The summed E-state index contributed by atoms with van der Waals surface area (Å²) >= 11 is 0. The lowest BCUT2D eigenvalue weighted by atomic mass is 9.95. The highest BCUT2D eigenvalue weighted by atomic mass is 16.6. The molecular weight excluding hydrogens is 294 g/mol. The highest BCUT2D eigenvalue weighted by Gasteiger charge is 2.29. The van der Waals surface area contributed by atoms with Gasteiger partial charge in [0, 0.05) is 24.7 Å². The maximum absolute atomic E-state index is 12.3.